The van der Waals surface area contributed by atoms with Crippen molar-refractivity contribution in [1.29, 1.82) is 0 Å². The van der Waals surface area contributed by atoms with Crippen LogP contribution in [0.25, 0.3) is 10.8 Å². The number of hydrogen-bond donors (Lipinski definition) is 2. The SMILES string of the molecule is C=CCOC(=O)N1c2cc(OCc3cccc(CC(=O)N4C[C@@H](CCl)c5c4cc(O)c4ccccc54)c3)c(OC)cc2C(=O)N2Cc3ccccc3C[C@H]2C1O. The van der Waals surface area contributed by atoms with Gasteiger partial charge in [-0.3, -0.25) is 9.59 Å². The van der Waals surface area contributed by atoms with E-state index in [1.54, 1.807) is 15.9 Å². The highest BCUT2D eigenvalue weighted by atomic mass is 35.5. The van der Waals surface area contributed by atoms with E-state index in [0.717, 1.165) is 43.5 Å². The molecule has 3 aliphatic heterocycles. The van der Waals surface area contributed by atoms with Crippen molar-refractivity contribution in [3.63, 3.8) is 0 Å². The number of phenolic OH excluding ortho intramolecular Hbond substituents is 1. The van der Waals surface area contributed by atoms with Gasteiger partial charge in [0.1, 0.15) is 19.0 Å². The first kappa shape index (κ1) is 36.9. The number of rotatable bonds is 9. The number of alkyl halides is 1. The van der Waals surface area contributed by atoms with Crippen LogP contribution in [0.4, 0.5) is 16.2 Å². The lowest BCUT2D eigenvalue weighted by molar-refractivity contribution is -0.117. The van der Waals surface area contributed by atoms with E-state index >= 15 is 0 Å². The number of phenols is 1. The Labute approximate surface area is 328 Å². The molecule has 11 nitrogen and oxygen atoms in total. The quantitative estimate of drug-likeness (QED) is 0.120. The monoisotopic (exact) mass is 773 g/mol. The lowest BCUT2D eigenvalue weighted by Crippen LogP contribution is -2.55. The third-order valence-corrected chi connectivity index (χ3v) is 11.2. The van der Waals surface area contributed by atoms with E-state index in [9.17, 15) is 24.6 Å². The molecule has 0 fully saturated rings. The summed E-state index contributed by atoms with van der Waals surface area (Å²) in [5, 5.41) is 24.3. The van der Waals surface area contributed by atoms with Gasteiger partial charge in [0.2, 0.25) is 5.91 Å². The number of carbonyl (C=O) groups excluding carboxylic acids is 3. The van der Waals surface area contributed by atoms with Crippen LogP contribution in [0.1, 0.15) is 44.1 Å². The Morgan fingerprint density at radius 2 is 1.68 bits per heavy atom. The van der Waals surface area contributed by atoms with E-state index in [-0.39, 0.29) is 72.4 Å². The van der Waals surface area contributed by atoms with Crippen molar-refractivity contribution in [2.45, 2.75) is 44.2 Å². The van der Waals surface area contributed by atoms with E-state index in [2.05, 4.69) is 6.58 Å². The maximum Gasteiger partial charge on any atom is 0.416 e. The number of nitrogens with zero attached hydrogens (tertiary/aromatic N) is 3. The molecule has 0 saturated carbocycles. The molecule has 8 rings (SSSR count). The number of aliphatic hydroxyl groups is 1. The third-order valence-electron chi connectivity index (χ3n) is 10.8. The molecule has 3 heterocycles. The summed E-state index contributed by atoms with van der Waals surface area (Å²) in [6.45, 7) is 4.25. The minimum atomic E-state index is -1.44. The summed E-state index contributed by atoms with van der Waals surface area (Å²) in [5.41, 5.74) is 5.34. The molecular formula is C44H40ClN3O8. The summed E-state index contributed by atoms with van der Waals surface area (Å²) >= 11 is 6.40. The van der Waals surface area contributed by atoms with Crippen molar-refractivity contribution < 1.29 is 38.8 Å². The first-order valence-corrected chi connectivity index (χ1v) is 18.9. The van der Waals surface area contributed by atoms with Gasteiger partial charge < -0.3 is 34.2 Å². The van der Waals surface area contributed by atoms with Crippen molar-refractivity contribution in [3.05, 3.63) is 137 Å². The Kier molecular flexibility index (Phi) is 10.0. The number of ether oxygens (including phenoxy) is 3. The first-order valence-electron chi connectivity index (χ1n) is 18.4. The zero-order valence-electron chi connectivity index (χ0n) is 30.7. The smallest absolute Gasteiger partial charge is 0.416 e. The van der Waals surface area contributed by atoms with E-state index in [4.69, 9.17) is 25.8 Å². The lowest BCUT2D eigenvalue weighted by Gasteiger charge is -2.39. The van der Waals surface area contributed by atoms with Crippen LogP contribution in [0.3, 0.4) is 0 Å². The van der Waals surface area contributed by atoms with Gasteiger partial charge in [-0.1, -0.05) is 85.5 Å². The fourth-order valence-corrected chi connectivity index (χ4v) is 8.40. The predicted molar refractivity (Wildman–Crippen MR) is 213 cm³/mol. The second kappa shape index (κ2) is 15.2. The predicted octanol–water partition coefficient (Wildman–Crippen LogP) is 7.07. The molecule has 2 N–H and O–H groups in total. The van der Waals surface area contributed by atoms with Gasteiger partial charge in [0.25, 0.3) is 5.91 Å². The third kappa shape index (κ3) is 6.56. The largest absolute Gasteiger partial charge is 0.507 e. The van der Waals surface area contributed by atoms with Crippen molar-refractivity contribution in [3.8, 4) is 17.2 Å². The molecule has 12 heteroatoms. The molecular weight excluding hydrogens is 734 g/mol. The number of benzene rings is 5. The molecule has 1 unspecified atom stereocenters. The summed E-state index contributed by atoms with van der Waals surface area (Å²) < 4.78 is 17.4. The van der Waals surface area contributed by atoms with Crippen LogP contribution >= 0.6 is 11.6 Å². The number of carbonyl (C=O) groups is 3. The molecule has 0 saturated heterocycles. The second-order valence-electron chi connectivity index (χ2n) is 14.2. The molecule has 3 aliphatic rings. The molecule has 0 aliphatic carbocycles. The first-order chi connectivity index (χ1) is 27.2. The number of anilines is 2. The number of aromatic hydroxyl groups is 1. The highest BCUT2D eigenvalue weighted by molar-refractivity contribution is 6.19. The van der Waals surface area contributed by atoms with E-state index < -0.39 is 18.4 Å². The van der Waals surface area contributed by atoms with Crippen molar-refractivity contribution in [2.24, 2.45) is 0 Å². The highest BCUT2D eigenvalue weighted by Gasteiger charge is 2.45. The summed E-state index contributed by atoms with van der Waals surface area (Å²) in [6.07, 6.45) is -0.428. The number of aliphatic hydroxyl groups excluding tert-OH is 1. The van der Waals surface area contributed by atoms with Crippen LogP contribution in [0, 0.1) is 0 Å². The van der Waals surface area contributed by atoms with Crippen LogP contribution in [-0.2, 0) is 35.5 Å². The zero-order chi connectivity index (χ0) is 39.1. The van der Waals surface area contributed by atoms with E-state index in [0.29, 0.717) is 24.5 Å². The number of amides is 3. The Morgan fingerprint density at radius 3 is 2.45 bits per heavy atom. The van der Waals surface area contributed by atoms with Crippen LogP contribution in [0.5, 0.6) is 17.2 Å². The number of methoxy groups -OCH3 is 1. The molecule has 0 bridgehead atoms. The van der Waals surface area contributed by atoms with E-state index in [1.165, 1.54) is 25.3 Å². The molecule has 5 aromatic carbocycles. The number of halogens is 1. The maximum absolute atomic E-state index is 14.2. The van der Waals surface area contributed by atoms with Gasteiger partial charge in [-0.2, -0.15) is 0 Å². The lowest BCUT2D eigenvalue weighted by atomic mass is 9.93. The van der Waals surface area contributed by atoms with Crippen molar-refractivity contribution in [2.75, 3.05) is 35.9 Å². The standard InChI is InChI=1S/C44H40ClN3O8/c1-3-15-55-44(53)48-34-21-39(38(54-2)19-33(34)42(51)47-23-29-12-5-4-11-28(29)18-36(47)43(48)52)56-25-27-10-8-9-26(16-27)17-40(50)46-24-30(22-45)41-32-14-7-6-13-31(32)37(49)20-35(41)46/h3-14,16,19-21,30,36,43,49,52H,1,15,17-18,22-25H2,2H3/t30-,36+,43?/m1/s1. The molecule has 0 radical (unpaired) electrons. The average Bonchev–Trinajstić information content (AvgIpc) is 3.57. The normalized spacial score (nSPS) is 18.4. The van der Waals surface area contributed by atoms with Gasteiger partial charge in [-0.05, 0) is 45.7 Å². The number of hydrogen-bond acceptors (Lipinski definition) is 8. The average molecular weight is 774 g/mol. The fraction of sp³-hybridized carbons (Fsp3) is 0.250. The van der Waals surface area contributed by atoms with E-state index in [1.807, 2.05) is 72.8 Å². The second-order valence-corrected chi connectivity index (χ2v) is 14.5. The maximum atomic E-state index is 14.2. The number of fused-ring (bicyclic) bond motifs is 6. The molecule has 286 valence electrons. The van der Waals surface area contributed by atoms with Crippen molar-refractivity contribution >= 4 is 51.7 Å². The highest BCUT2D eigenvalue weighted by Crippen LogP contribution is 2.46. The minimum Gasteiger partial charge on any atom is -0.507 e. The van der Waals surface area contributed by atoms with Crippen LogP contribution in [0.15, 0.2) is 104 Å². The van der Waals surface area contributed by atoms with Gasteiger partial charge in [-0.15, -0.1) is 11.6 Å². The molecule has 3 amide bonds. The van der Waals surface area contributed by atoms with Gasteiger partial charge in [-0.25, -0.2) is 9.69 Å². The van der Waals surface area contributed by atoms with Crippen molar-refractivity contribution in [1.82, 2.24) is 4.90 Å². The Hall–Kier alpha value is -6.04. The van der Waals surface area contributed by atoms with Gasteiger partial charge in [0.15, 0.2) is 17.7 Å². The zero-order valence-corrected chi connectivity index (χ0v) is 31.4. The fourth-order valence-electron chi connectivity index (χ4n) is 8.15. The van der Waals surface area contributed by atoms with Crippen LogP contribution in [0.2, 0.25) is 0 Å². The molecule has 56 heavy (non-hydrogen) atoms. The van der Waals surface area contributed by atoms with Crippen LogP contribution in [-0.4, -0.2) is 71.4 Å². The molecule has 3 atom stereocenters. The Balaban J connectivity index is 1.06. The van der Waals surface area contributed by atoms with Gasteiger partial charge in [0, 0.05) is 42.4 Å². The summed E-state index contributed by atoms with van der Waals surface area (Å²) in [7, 11) is 1.46. The summed E-state index contributed by atoms with van der Waals surface area (Å²) in [5.74, 6) is 0.336. The van der Waals surface area contributed by atoms with Gasteiger partial charge >= 0.3 is 6.09 Å². The molecule has 5 aromatic rings. The van der Waals surface area contributed by atoms with Gasteiger partial charge in [0.05, 0.1) is 36.5 Å². The molecule has 0 spiro atoms. The topological polar surface area (TPSA) is 129 Å². The minimum absolute atomic E-state index is 0.0549. The van der Waals surface area contributed by atoms with Crippen LogP contribution < -0.4 is 19.3 Å². The Bertz CT molecular complexity index is 2380. The Morgan fingerprint density at radius 1 is 0.929 bits per heavy atom. The summed E-state index contributed by atoms with van der Waals surface area (Å²) in [6, 6.07) is 26.7. The summed E-state index contributed by atoms with van der Waals surface area (Å²) in [4.78, 5) is 46.1. The molecule has 0 aromatic heterocycles.